The molecule has 1 unspecified atom stereocenters. The zero-order chi connectivity index (χ0) is 15.2. The molecule has 0 aliphatic carbocycles. The van der Waals surface area contributed by atoms with Gasteiger partial charge in [-0.2, -0.15) is 0 Å². The summed E-state index contributed by atoms with van der Waals surface area (Å²) in [6, 6.07) is 5.97. The molecule has 0 radical (unpaired) electrons. The molecule has 7 nitrogen and oxygen atoms in total. The maximum absolute atomic E-state index is 12.0. The van der Waals surface area contributed by atoms with E-state index in [1.165, 1.54) is 0 Å². The summed E-state index contributed by atoms with van der Waals surface area (Å²) in [5.41, 5.74) is 1.00. The number of anilines is 1. The largest absolute Gasteiger partial charge is 0.462 e. The Hall–Kier alpha value is -2.41. The van der Waals surface area contributed by atoms with E-state index >= 15 is 0 Å². The number of amides is 2. The van der Waals surface area contributed by atoms with Gasteiger partial charge in [-0.1, -0.05) is 0 Å². The second-order valence-corrected chi connectivity index (χ2v) is 4.52. The van der Waals surface area contributed by atoms with Gasteiger partial charge in [0.15, 0.2) is 0 Å². The van der Waals surface area contributed by atoms with Gasteiger partial charge in [0.2, 0.25) is 11.8 Å². The Bertz CT molecular complexity index is 532. The molecule has 0 aromatic heterocycles. The van der Waals surface area contributed by atoms with E-state index in [0.717, 1.165) is 0 Å². The monoisotopic (exact) mass is 291 g/mol. The summed E-state index contributed by atoms with van der Waals surface area (Å²) in [6.45, 7) is 2.43. The molecule has 1 atom stereocenters. The van der Waals surface area contributed by atoms with Crippen molar-refractivity contribution in [2.45, 2.75) is 13.0 Å². The van der Waals surface area contributed by atoms with Crippen molar-refractivity contribution in [2.75, 3.05) is 25.0 Å². The first-order valence-corrected chi connectivity index (χ1v) is 6.68. The van der Waals surface area contributed by atoms with Gasteiger partial charge in [-0.25, -0.2) is 4.79 Å². The molecular formula is C14H17N3O4. The Balaban J connectivity index is 1.92. The van der Waals surface area contributed by atoms with E-state index in [-0.39, 0.29) is 24.9 Å². The fraction of sp³-hybridized carbons (Fsp3) is 0.357. The highest BCUT2D eigenvalue weighted by atomic mass is 16.5. The van der Waals surface area contributed by atoms with E-state index in [1.54, 1.807) is 31.2 Å². The van der Waals surface area contributed by atoms with Crippen molar-refractivity contribution in [1.29, 1.82) is 0 Å². The fourth-order valence-corrected chi connectivity index (χ4v) is 1.89. The molecule has 1 aromatic carbocycles. The highest BCUT2D eigenvalue weighted by Crippen LogP contribution is 2.11. The summed E-state index contributed by atoms with van der Waals surface area (Å²) < 4.78 is 4.88. The molecule has 0 spiro atoms. The summed E-state index contributed by atoms with van der Waals surface area (Å²) in [7, 11) is 0. The van der Waals surface area contributed by atoms with Crippen LogP contribution in [0.15, 0.2) is 24.3 Å². The van der Waals surface area contributed by atoms with E-state index in [0.29, 0.717) is 17.9 Å². The molecule has 1 saturated heterocycles. The number of hydrogen-bond acceptors (Lipinski definition) is 5. The van der Waals surface area contributed by atoms with Crippen molar-refractivity contribution in [3.05, 3.63) is 29.8 Å². The minimum atomic E-state index is -0.465. The van der Waals surface area contributed by atoms with E-state index in [2.05, 4.69) is 16.0 Å². The van der Waals surface area contributed by atoms with Gasteiger partial charge in [-0.3, -0.25) is 14.9 Å². The molecule has 7 heteroatoms. The standard InChI is InChI=1S/C14H17N3O4/c1-2-21-14(20)9-3-5-10(6-4-9)17-13(19)11-7-16-12(18)8-15-11/h3-6,11,15H,2,7-8H2,1H3,(H,16,18)(H,17,19). The first-order chi connectivity index (χ1) is 10.1. The molecule has 3 N–H and O–H groups in total. The van der Waals surface area contributed by atoms with Crippen molar-refractivity contribution in [2.24, 2.45) is 0 Å². The Morgan fingerprint density at radius 2 is 2.05 bits per heavy atom. The summed E-state index contributed by atoms with van der Waals surface area (Å²) in [4.78, 5) is 34.5. The Labute approximate surface area is 122 Å². The third kappa shape index (κ3) is 4.03. The van der Waals surface area contributed by atoms with Gasteiger partial charge in [-0.05, 0) is 31.2 Å². The van der Waals surface area contributed by atoms with Crippen LogP contribution in [0.3, 0.4) is 0 Å². The number of piperazine rings is 1. The lowest BCUT2D eigenvalue weighted by Gasteiger charge is -2.23. The molecule has 0 bridgehead atoms. The van der Waals surface area contributed by atoms with Crippen LogP contribution in [0.2, 0.25) is 0 Å². The van der Waals surface area contributed by atoms with Crippen molar-refractivity contribution in [3.63, 3.8) is 0 Å². The number of ether oxygens (including phenoxy) is 1. The molecular weight excluding hydrogens is 274 g/mol. The first-order valence-electron chi connectivity index (χ1n) is 6.68. The molecule has 1 aliphatic rings. The lowest BCUT2D eigenvalue weighted by molar-refractivity contribution is -0.124. The predicted octanol–water partition coefficient (Wildman–Crippen LogP) is -0.110. The zero-order valence-electron chi connectivity index (χ0n) is 11.6. The first kappa shape index (κ1) is 15.0. The van der Waals surface area contributed by atoms with E-state index in [1.807, 2.05) is 0 Å². The molecule has 21 heavy (non-hydrogen) atoms. The second-order valence-electron chi connectivity index (χ2n) is 4.52. The van der Waals surface area contributed by atoms with Gasteiger partial charge in [0, 0.05) is 12.2 Å². The summed E-state index contributed by atoms with van der Waals surface area (Å²) in [5, 5.41) is 8.17. The highest BCUT2D eigenvalue weighted by molar-refractivity contribution is 5.97. The summed E-state index contributed by atoms with van der Waals surface area (Å²) >= 11 is 0. The van der Waals surface area contributed by atoms with Crippen LogP contribution in [0.25, 0.3) is 0 Å². The molecule has 2 rings (SSSR count). The Morgan fingerprint density at radius 3 is 2.62 bits per heavy atom. The van der Waals surface area contributed by atoms with Gasteiger partial charge >= 0.3 is 5.97 Å². The van der Waals surface area contributed by atoms with Crippen LogP contribution in [0.1, 0.15) is 17.3 Å². The van der Waals surface area contributed by atoms with Crippen LogP contribution >= 0.6 is 0 Å². The maximum Gasteiger partial charge on any atom is 0.338 e. The van der Waals surface area contributed by atoms with Gasteiger partial charge in [0.25, 0.3) is 0 Å². The quantitative estimate of drug-likeness (QED) is 0.673. The number of esters is 1. The topological polar surface area (TPSA) is 96.5 Å². The van der Waals surface area contributed by atoms with Gasteiger partial charge < -0.3 is 15.4 Å². The lowest BCUT2D eigenvalue weighted by atomic mass is 10.2. The maximum atomic E-state index is 12.0. The van der Waals surface area contributed by atoms with Crippen LogP contribution < -0.4 is 16.0 Å². The van der Waals surface area contributed by atoms with E-state index in [4.69, 9.17) is 4.74 Å². The molecule has 1 heterocycles. The molecule has 1 fully saturated rings. The average molecular weight is 291 g/mol. The van der Waals surface area contributed by atoms with Crippen LogP contribution in [0.4, 0.5) is 5.69 Å². The van der Waals surface area contributed by atoms with Gasteiger partial charge in [0.1, 0.15) is 6.04 Å². The van der Waals surface area contributed by atoms with Crippen molar-refractivity contribution < 1.29 is 19.1 Å². The fourth-order valence-electron chi connectivity index (χ4n) is 1.89. The smallest absolute Gasteiger partial charge is 0.338 e. The van der Waals surface area contributed by atoms with E-state index in [9.17, 15) is 14.4 Å². The third-order valence-electron chi connectivity index (χ3n) is 2.99. The number of hydrogen-bond donors (Lipinski definition) is 3. The summed E-state index contributed by atoms with van der Waals surface area (Å²) in [6.07, 6.45) is 0. The number of nitrogens with one attached hydrogen (secondary N) is 3. The van der Waals surface area contributed by atoms with Crippen LogP contribution in [0.5, 0.6) is 0 Å². The van der Waals surface area contributed by atoms with Crippen LogP contribution in [-0.2, 0) is 14.3 Å². The van der Waals surface area contributed by atoms with Crippen molar-refractivity contribution in [1.82, 2.24) is 10.6 Å². The number of carbonyl (C=O) groups excluding carboxylic acids is 3. The number of benzene rings is 1. The zero-order valence-corrected chi connectivity index (χ0v) is 11.6. The second kappa shape index (κ2) is 6.85. The Morgan fingerprint density at radius 1 is 1.33 bits per heavy atom. The Kier molecular flexibility index (Phi) is 4.89. The van der Waals surface area contributed by atoms with Crippen LogP contribution in [-0.4, -0.2) is 43.5 Å². The lowest BCUT2D eigenvalue weighted by Crippen LogP contribution is -2.56. The van der Waals surface area contributed by atoms with Crippen LogP contribution in [0, 0.1) is 0 Å². The molecule has 1 aliphatic heterocycles. The molecule has 112 valence electrons. The number of rotatable bonds is 4. The molecule has 2 amide bonds. The minimum Gasteiger partial charge on any atom is -0.462 e. The minimum absolute atomic E-state index is 0.125. The summed E-state index contributed by atoms with van der Waals surface area (Å²) in [5.74, 6) is -0.760. The third-order valence-corrected chi connectivity index (χ3v) is 2.99. The molecule has 0 saturated carbocycles. The number of carbonyl (C=O) groups is 3. The van der Waals surface area contributed by atoms with E-state index < -0.39 is 12.0 Å². The van der Waals surface area contributed by atoms with Crippen molar-refractivity contribution in [3.8, 4) is 0 Å². The van der Waals surface area contributed by atoms with Gasteiger partial charge in [-0.15, -0.1) is 0 Å². The average Bonchev–Trinajstić information content (AvgIpc) is 2.49. The van der Waals surface area contributed by atoms with Crippen molar-refractivity contribution >= 4 is 23.5 Å². The highest BCUT2D eigenvalue weighted by Gasteiger charge is 2.23. The SMILES string of the molecule is CCOC(=O)c1ccc(NC(=O)C2CNC(=O)CN2)cc1. The predicted molar refractivity (Wildman–Crippen MR) is 75.8 cm³/mol. The van der Waals surface area contributed by atoms with Gasteiger partial charge in [0.05, 0.1) is 18.7 Å². The molecule has 1 aromatic rings. The normalized spacial score (nSPS) is 17.8.